The molecule has 0 fully saturated rings. The smallest absolute Gasteiger partial charge is 0.246 e. The van der Waals surface area contributed by atoms with Crippen LogP contribution in [0, 0.1) is 0 Å². The molecule has 2 rings (SSSR count). The van der Waals surface area contributed by atoms with Crippen LogP contribution < -0.4 is 11.3 Å². The largest absolute Gasteiger partial charge is 0.292 e. The van der Waals surface area contributed by atoms with E-state index in [-0.39, 0.29) is 17.4 Å². The second-order valence-corrected chi connectivity index (χ2v) is 6.21. The molecule has 0 spiro atoms. The lowest BCUT2D eigenvalue weighted by Gasteiger charge is -2.15. The molecule has 2 aromatic rings. The van der Waals surface area contributed by atoms with Crippen molar-refractivity contribution in [1.82, 2.24) is 24.1 Å². The fraction of sp³-hybridized carbons (Fsp3) is 0.300. The molecular formula is C10H15N7O2S. The van der Waals surface area contributed by atoms with Gasteiger partial charge in [0, 0.05) is 32.4 Å². The van der Waals surface area contributed by atoms with Crippen LogP contribution in [0.15, 0.2) is 29.7 Å². The zero-order valence-corrected chi connectivity index (χ0v) is 11.9. The maximum absolute atomic E-state index is 12.3. The van der Waals surface area contributed by atoms with Crippen LogP contribution >= 0.6 is 0 Å². The first-order valence-electron chi connectivity index (χ1n) is 5.66. The topological polar surface area (TPSA) is 119 Å². The van der Waals surface area contributed by atoms with Crippen molar-refractivity contribution in [3.05, 3.63) is 30.4 Å². The van der Waals surface area contributed by atoms with Crippen molar-refractivity contribution in [3.63, 3.8) is 0 Å². The first-order valence-corrected chi connectivity index (χ1v) is 7.10. The number of aryl methyl sites for hydroxylation is 1. The Morgan fingerprint density at radius 1 is 1.35 bits per heavy atom. The third-order valence-corrected chi connectivity index (χ3v) is 4.39. The number of hydrogen-bond donors (Lipinski definition) is 2. The number of sulfonamides is 1. The average Bonchev–Trinajstić information content (AvgIpc) is 2.84. The fourth-order valence-corrected chi connectivity index (χ4v) is 2.65. The number of aromatic nitrogens is 4. The Bertz CT molecular complexity index is 680. The number of anilines is 1. The molecule has 2 heterocycles. The van der Waals surface area contributed by atoms with Crippen LogP contribution in [0.1, 0.15) is 5.56 Å². The van der Waals surface area contributed by atoms with Crippen molar-refractivity contribution in [2.45, 2.75) is 11.4 Å². The van der Waals surface area contributed by atoms with Gasteiger partial charge in [-0.1, -0.05) is 0 Å². The molecule has 0 aliphatic rings. The molecule has 0 aliphatic carbocycles. The number of nitrogens with two attached hydrogens (primary N) is 1. The van der Waals surface area contributed by atoms with Gasteiger partial charge >= 0.3 is 0 Å². The summed E-state index contributed by atoms with van der Waals surface area (Å²) in [6, 6.07) is 0. The summed E-state index contributed by atoms with van der Waals surface area (Å²) >= 11 is 0. The van der Waals surface area contributed by atoms with Gasteiger partial charge < -0.3 is 0 Å². The van der Waals surface area contributed by atoms with E-state index in [2.05, 4.69) is 20.5 Å². The standard InChI is InChI=1S/C10H15N7O2S/c1-16-6-8(3-14-16)7-17(2)20(18,19)9-4-12-10(15-11)13-5-9/h3-6H,7,11H2,1-2H3,(H,12,13,15). The van der Waals surface area contributed by atoms with Gasteiger partial charge in [-0.2, -0.15) is 9.40 Å². The van der Waals surface area contributed by atoms with E-state index in [0.717, 1.165) is 5.56 Å². The minimum Gasteiger partial charge on any atom is -0.292 e. The van der Waals surface area contributed by atoms with Gasteiger partial charge in [-0.05, 0) is 0 Å². The van der Waals surface area contributed by atoms with Crippen molar-refractivity contribution < 1.29 is 8.42 Å². The lowest BCUT2D eigenvalue weighted by Crippen LogP contribution is -2.26. The highest BCUT2D eigenvalue weighted by Gasteiger charge is 2.22. The first-order chi connectivity index (χ1) is 9.43. The molecule has 0 unspecified atom stereocenters. The summed E-state index contributed by atoms with van der Waals surface area (Å²) in [6.45, 7) is 0.215. The van der Waals surface area contributed by atoms with Crippen molar-refractivity contribution in [3.8, 4) is 0 Å². The molecule has 0 saturated carbocycles. The summed E-state index contributed by atoms with van der Waals surface area (Å²) in [5.74, 6) is 5.28. The molecule has 9 nitrogen and oxygen atoms in total. The lowest BCUT2D eigenvalue weighted by atomic mass is 10.4. The first kappa shape index (κ1) is 14.4. The predicted molar refractivity (Wildman–Crippen MR) is 71.7 cm³/mol. The van der Waals surface area contributed by atoms with Gasteiger partial charge in [-0.25, -0.2) is 24.2 Å². The maximum atomic E-state index is 12.3. The molecule has 0 bridgehead atoms. The molecule has 108 valence electrons. The number of nitrogen functional groups attached to an aromatic ring is 1. The van der Waals surface area contributed by atoms with E-state index in [1.807, 2.05) is 0 Å². The van der Waals surface area contributed by atoms with E-state index in [1.54, 1.807) is 24.1 Å². The van der Waals surface area contributed by atoms with E-state index in [4.69, 9.17) is 5.84 Å². The Hall–Kier alpha value is -2.04. The van der Waals surface area contributed by atoms with Crippen LogP contribution in [0.3, 0.4) is 0 Å². The van der Waals surface area contributed by atoms with Gasteiger partial charge in [-0.3, -0.25) is 10.1 Å². The number of hydrazine groups is 1. The van der Waals surface area contributed by atoms with Gasteiger partial charge in [-0.15, -0.1) is 0 Å². The van der Waals surface area contributed by atoms with Crippen molar-refractivity contribution in [2.75, 3.05) is 12.5 Å². The van der Waals surface area contributed by atoms with Gasteiger partial charge in [0.1, 0.15) is 4.90 Å². The van der Waals surface area contributed by atoms with E-state index < -0.39 is 10.0 Å². The average molecular weight is 297 g/mol. The summed E-state index contributed by atoms with van der Waals surface area (Å²) in [6.07, 6.45) is 5.78. The van der Waals surface area contributed by atoms with Crippen LogP contribution in [0.2, 0.25) is 0 Å². The number of rotatable bonds is 5. The maximum Gasteiger partial charge on any atom is 0.246 e. The molecule has 20 heavy (non-hydrogen) atoms. The van der Waals surface area contributed by atoms with E-state index >= 15 is 0 Å². The van der Waals surface area contributed by atoms with Crippen molar-refractivity contribution in [2.24, 2.45) is 12.9 Å². The molecule has 0 radical (unpaired) electrons. The predicted octanol–water partition coefficient (Wildman–Crippen LogP) is -0.684. The third kappa shape index (κ3) is 2.92. The van der Waals surface area contributed by atoms with Crippen LogP contribution in [-0.4, -0.2) is 39.5 Å². The summed E-state index contributed by atoms with van der Waals surface area (Å²) in [5, 5.41) is 4.00. The summed E-state index contributed by atoms with van der Waals surface area (Å²) in [7, 11) is -0.398. The van der Waals surface area contributed by atoms with Crippen LogP contribution in [0.5, 0.6) is 0 Å². The Morgan fingerprint density at radius 3 is 2.50 bits per heavy atom. The van der Waals surface area contributed by atoms with E-state index in [0.29, 0.717) is 0 Å². The molecule has 0 aromatic carbocycles. The number of hydrogen-bond acceptors (Lipinski definition) is 7. The van der Waals surface area contributed by atoms with Crippen molar-refractivity contribution in [1.29, 1.82) is 0 Å². The van der Waals surface area contributed by atoms with Gasteiger partial charge in [0.2, 0.25) is 16.0 Å². The summed E-state index contributed by atoms with van der Waals surface area (Å²) < 4.78 is 27.4. The molecule has 2 aromatic heterocycles. The summed E-state index contributed by atoms with van der Waals surface area (Å²) in [4.78, 5) is 7.58. The molecule has 3 N–H and O–H groups in total. The Balaban J connectivity index is 2.19. The number of nitrogens with zero attached hydrogens (tertiary/aromatic N) is 5. The third-order valence-electron chi connectivity index (χ3n) is 2.63. The molecule has 0 saturated heterocycles. The fourth-order valence-electron chi connectivity index (χ4n) is 1.60. The van der Waals surface area contributed by atoms with E-state index in [9.17, 15) is 8.42 Å². The summed E-state index contributed by atoms with van der Waals surface area (Å²) in [5.41, 5.74) is 3.03. The SMILES string of the molecule is CN(Cc1cnn(C)c1)S(=O)(=O)c1cnc(NN)nc1. The van der Waals surface area contributed by atoms with Gasteiger partial charge in [0.05, 0.1) is 18.6 Å². The number of nitrogens with one attached hydrogen (secondary N) is 1. The highest BCUT2D eigenvalue weighted by atomic mass is 32.2. The van der Waals surface area contributed by atoms with Gasteiger partial charge in [0.25, 0.3) is 0 Å². The van der Waals surface area contributed by atoms with Crippen LogP contribution in [0.4, 0.5) is 5.95 Å². The second-order valence-electron chi connectivity index (χ2n) is 4.17. The monoisotopic (exact) mass is 297 g/mol. The van der Waals surface area contributed by atoms with E-state index in [1.165, 1.54) is 23.7 Å². The molecule has 0 amide bonds. The Morgan fingerprint density at radius 2 is 2.00 bits per heavy atom. The second kappa shape index (κ2) is 5.53. The van der Waals surface area contributed by atoms with Gasteiger partial charge in [0.15, 0.2) is 0 Å². The zero-order valence-electron chi connectivity index (χ0n) is 11.1. The normalized spacial score (nSPS) is 11.8. The zero-order chi connectivity index (χ0) is 14.8. The molecule has 0 atom stereocenters. The highest BCUT2D eigenvalue weighted by Crippen LogP contribution is 2.15. The molecule has 10 heteroatoms. The quantitative estimate of drug-likeness (QED) is 0.554. The minimum atomic E-state index is -3.65. The Kier molecular flexibility index (Phi) is 3.97. The lowest BCUT2D eigenvalue weighted by molar-refractivity contribution is 0.466. The Labute approximate surface area is 116 Å². The van der Waals surface area contributed by atoms with Crippen molar-refractivity contribution >= 4 is 16.0 Å². The van der Waals surface area contributed by atoms with Crippen LogP contribution in [-0.2, 0) is 23.6 Å². The molecular weight excluding hydrogens is 282 g/mol. The minimum absolute atomic E-state index is 0.00268. The van der Waals surface area contributed by atoms with Crippen LogP contribution in [0.25, 0.3) is 0 Å². The molecule has 0 aliphatic heterocycles. The highest BCUT2D eigenvalue weighted by molar-refractivity contribution is 7.89.